The summed E-state index contributed by atoms with van der Waals surface area (Å²) < 4.78 is 11.1. The Morgan fingerprint density at radius 1 is 1.18 bits per heavy atom. The summed E-state index contributed by atoms with van der Waals surface area (Å²) in [5.74, 6) is 1.16. The molecule has 8 nitrogen and oxygen atoms in total. The van der Waals surface area contributed by atoms with Crippen molar-refractivity contribution in [1.29, 1.82) is 0 Å². The number of carbonyl (C=O) groups is 2. The summed E-state index contributed by atoms with van der Waals surface area (Å²) >= 11 is 0. The van der Waals surface area contributed by atoms with Crippen molar-refractivity contribution in [2.75, 3.05) is 27.3 Å². The van der Waals surface area contributed by atoms with Crippen LogP contribution in [0.4, 0.5) is 0 Å². The normalized spacial score (nSPS) is 14.7. The average Bonchev–Trinajstić information content (AvgIpc) is 2.82. The van der Waals surface area contributed by atoms with Crippen LogP contribution in [0.3, 0.4) is 0 Å². The van der Waals surface area contributed by atoms with Crippen molar-refractivity contribution in [3.05, 3.63) is 23.8 Å². The summed E-state index contributed by atoms with van der Waals surface area (Å²) in [4.78, 5) is 23.9. The van der Waals surface area contributed by atoms with Crippen LogP contribution >= 0.6 is 0 Å². The molecule has 0 fully saturated rings. The van der Waals surface area contributed by atoms with E-state index in [1.54, 1.807) is 20.2 Å². The number of rotatable bonds is 16. The molecule has 0 bridgehead atoms. The molecule has 0 aliphatic rings. The van der Waals surface area contributed by atoms with Gasteiger partial charge in [-0.1, -0.05) is 40.2 Å². The van der Waals surface area contributed by atoms with Gasteiger partial charge in [0.15, 0.2) is 6.61 Å². The Balaban J connectivity index is 2.83. The third kappa shape index (κ3) is 10.3. The lowest BCUT2D eigenvalue weighted by Gasteiger charge is -2.28. The van der Waals surface area contributed by atoms with Crippen LogP contribution in [0.15, 0.2) is 18.2 Å². The molecule has 194 valence electrons. The van der Waals surface area contributed by atoms with Crippen LogP contribution in [-0.2, 0) is 16.0 Å². The molecule has 0 aliphatic heterocycles. The first-order valence-electron chi connectivity index (χ1n) is 12.3. The highest BCUT2D eigenvalue weighted by molar-refractivity contribution is 5.78. The van der Waals surface area contributed by atoms with E-state index in [0.29, 0.717) is 43.2 Å². The van der Waals surface area contributed by atoms with Crippen LogP contribution in [0.5, 0.6) is 11.5 Å². The summed E-state index contributed by atoms with van der Waals surface area (Å²) in [5.41, 5.74) is 7.35. The number of hydrogen-bond acceptors (Lipinski definition) is 6. The fourth-order valence-electron chi connectivity index (χ4n) is 3.77. The number of ether oxygens (including phenoxy) is 2. The van der Waals surface area contributed by atoms with Crippen molar-refractivity contribution < 1.29 is 24.2 Å². The van der Waals surface area contributed by atoms with Gasteiger partial charge in [-0.3, -0.25) is 9.59 Å². The topological polar surface area (TPSA) is 123 Å². The average molecular weight is 480 g/mol. The van der Waals surface area contributed by atoms with Gasteiger partial charge in [0.25, 0.3) is 5.91 Å². The second kappa shape index (κ2) is 15.6. The molecule has 34 heavy (non-hydrogen) atoms. The van der Waals surface area contributed by atoms with E-state index in [0.717, 1.165) is 18.4 Å². The summed E-state index contributed by atoms with van der Waals surface area (Å²) in [7, 11) is 3.15. The Morgan fingerprint density at radius 3 is 2.47 bits per heavy atom. The summed E-state index contributed by atoms with van der Waals surface area (Å²) in [5, 5.41) is 16.2. The highest BCUT2D eigenvalue weighted by Gasteiger charge is 2.26. The van der Waals surface area contributed by atoms with E-state index in [1.165, 1.54) is 0 Å². The van der Waals surface area contributed by atoms with E-state index in [-0.39, 0.29) is 30.3 Å². The van der Waals surface area contributed by atoms with Crippen LogP contribution in [0.25, 0.3) is 0 Å². The van der Waals surface area contributed by atoms with Gasteiger partial charge in [-0.05, 0) is 49.1 Å². The molecule has 0 saturated heterocycles. The molecule has 4 atom stereocenters. The number of nitrogens with two attached hydrogens (primary N) is 1. The van der Waals surface area contributed by atoms with Gasteiger partial charge in [-0.15, -0.1) is 0 Å². The number of carbonyl (C=O) groups excluding carboxylic acids is 2. The lowest BCUT2D eigenvalue weighted by atomic mass is 9.82. The maximum atomic E-state index is 12.3. The maximum Gasteiger partial charge on any atom is 0.257 e. The highest BCUT2D eigenvalue weighted by atomic mass is 16.5. The molecule has 0 aliphatic carbocycles. The number of likely N-dealkylation sites (N-methyl/N-ethyl adjacent to an activating group) is 1. The van der Waals surface area contributed by atoms with Gasteiger partial charge >= 0.3 is 0 Å². The number of unbranched alkanes of at least 4 members (excludes halogenated alkanes) is 1. The standard InChI is InChI=1S/C26H45N3O5/c1-7-8-11-29-26(32)18(4)12-23(30)22(27)14-20(17(2)3)13-19-9-10-21(33-6)15-24(19)34-16-25(31)28-5/h9-10,15,17-18,20,22-23,30H,7-8,11-14,16,27H2,1-6H3,(H,28,31)(H,29,32)/t18-,20+,22+,23+/m1/s1. The Morgan fingerprint density at radius 2 is 1.88 bits per heavy atom. The van der Waals surface area contributed by atoms with Gasteiger partial charge in [0.05, 0.1) is 13.2 Å². The van der Waals surface area contributed by atoms with Crippen molar-refractivity contribution >= 4 is 11.8 Å². The number of nitrogens with one attached hydrogen (secondary N) is 2. The maximum absolute atomic E-state index is 12.3. The second-order valence-corrected chi connectivity index (χ2v) is 9.39. The molecule has 0 unspecified atom stereocenters. The SMILES string of the molecule is CCCCNC(=O)[C@H](C)C[C@H](O)[C@@H](N)C[C@H](Cc1ccc(OC)cc1OCC(=O)NC)C(C)C. The molecule has 5 N–H and O–H groups in total. The van der Waals surface area contributed by atoms with Crippen molar-refractivity contribution in [3.63, 3.8) is 0 Å². The molecule has 1 aromatic carbocycles. The van der Waals surface area contributed by atoms with Crippen molar-refractivity contribution in [1.82, 2.24) is 10.6 Å². The van der Waals surface area contributed by atoms with Gasteiger partial charge in [0, 0.05) is 31.6 Å². The fourth-order valence-corrected chi connectivity index (χ4v) is 3.77. The monoisotopic (exact) mass is 479 g/mol. The molecule has 1 rings (SSSR count). The number of aliphatic hydroxyl groups is 1. The van der Waals surface area contributed by atoms with Crippen LogP contribution < -0.4 is 25.8 Å². The summed E-state index contributed by atoms with van der Waals surface area (Å²) in [6.07, 6.45) is 2.80. The minimum Gasteiger partial charge on any atom is -0.497 e. The van der Waals surface area contributed by atoms with Gasteiger partial charge in [-0.25, -0.2) is 0 Å². The van der Waals surface area contributed by atoms with Crippen LogP contribution in [-0.4, -0.2) is 56.4 Å². The van der Waals surface area contributed by atoms with E-state index < -0.39 is 12.1 Å². The van der Waals surface area contributed by atoms with E-state index in [9.17, 15) is 14.7 Å². The lowest BCUT2D eigenvalue weighted by molar-refractivity contribution is -0.125. The molecule has 2 amide bonds. The predicted molar refractivity (Wildman–Crippen MR) is 135 cm³/mol. The fraction of sp³-hybridized carbons (Fsp3) is 0.692. The molecule has 0 saturated carbocycles. The first-order chi connectivity index (χ1) is 16.1. The van der Waals surface area contributed by atoms with Gasteiger partial charge in [0.1, 0.15) is 11.5 Å². The van der Waals surface area contributed by atoms with E-state index in [1.807, 2.05) is 19.1 Å². The molecular formula is C26H45N3O5. The molecule has 8 heteroatoms. The number of hydrogen-bond donors (Lipinski definition) is 4. The Kier molecular flexibility index (Phi) is 13.6. The third-order valence-electron chi connectivity index (χ3n) is 6.28. The van der Waals surface area contributed by atoms with Gasteiger partial charge < -0.3 is 30.9 Å². The Bertz CT molecular complexity index is 756. The number of methoxy groups -OCH3 is 1. The molecular weight excluding hydrogens is 434 g/mol. The smallest absolute Gasteiger partial charge is 0.257 e. The molecule has 0 spiro atoms. The van der Waals surface area contributed by atoms with Crippen LogP contribution in [0, 0.1) is 17.8 Å². The quantitative estimate of drug-likeness (QED) is 0.270. The highest BCUT2D eigenvalue weighted by Crippen LogP contribution is 2.31. The largest absolute Gasteiger partial charge is 0.497 e. The van der Waals surface area contributed by atoms with Gasteiger partial charge in [0.2, 0.25) is 5.91 Å². The minimum absolute atomic E-state index is 0.0451. The van der Waals surface area contributed by atoms with Crippen LogP contribution in [0.1, 0.15) is 58.9 Å². The molecule has 0 aromatic heterocycles. The molecule has 0 heterocycles. The molecule has 1 aromatic rings. The minimum atomic E-state index is -0.770. The number of benzene rings is 1. The predicted octanol–water partition coefficient (Wildman–Crippen LogP) is 2.66. The van der Waals surface area contributed by atoms with E-state index in [2.05, 4.69) is 31.4 Å². The second-order valence-electron chi connectivity index (χ2n) is 9.39. The van der Waals surface area contributed by atoms with Crippen molar-refractivity contribution in [2.45, 2.75) is 71.9 Å². The van der Waals surface area contributed by atoms with Crippen LogP contribution in [0.2, 0.25) is 0 Å². The van der Waals surface area contributed by atoms with Gasteiger partial charge in [-0.2, -0.15) is 0 Å². The zero-order valence-corrected chi connectivity index (χ0v) is 21.7. The first-order valence-corrected chi connectivity index (χ1v) is 12.3. The summed E-state index contributed by atoms with van der Waals surface area (Å²) in [6.45, 7) is 8.73. The number of amides is 2. The Labute approximate surface area is 205 Å². The van der Waals surface area contributed by atoms with Crippen molar-refractivity contribution in [3.8, 4) is 11.5 Å². The first kappa shape index (κ1) is 29.7. The molecule has 0 radical (unpaired) electrons. The zero-order valence-electron chi connectivity index (χ0n) is 21.7. The Hall–Kier alpha value is -2.32. The summed E-state index contributed by atoms with van der Waals surface area (Å²) in [6, 6.07) is 5.14. The van der Waals surface area contributed by atoms with E-state index >= 15 is 0 Å². The third-order valence-corrected chi connectivity index (χ3v) is 6.28. The number of aliphatic hydroxyl groups excluding tert-OH is 1. The zero-order chi connectivity index (χ0) is 25.7. The van der Waals surface area contributed by atoms with Crippen molar-refractivity contribution in [2.24, 2.45) is 23.5 Å². The van der Waals surface area contributed by atoms with E-state index in [4.69, 9.17) is 15.2 Å². The lowest BCUT2D eigenvalue weighted by Crippen LogP contribution is -2.41.